The molecule has 0 saturated carbocycles. The Kier molecular flexibility index (Phi) is 6.21. The predicted octanol–water partition coefficient (Wildman–Crippen LogP) is 4.89. The molecule has 0 aliphatic carbocycles. The van der Waals surface area contributed by atoms with Crippen molar-refractivity contribution < 1.29 is 9.18 Å². The number of benzene rings is 1. The van der Waals surface area contributed by atoms with Crippen LogP contribution in [-0.2, 0) is 4.79 Å². The molecule has 0 saturated heterocycles. The number of aromatic nitrogens is 2. The lowest BCUT2D eigenvalue weighted by Gasteiger charge is -2.12. The highest BCUT2D eigenvalue weighted by molar-refractivity contribution is 8.00. The minimum absolute atomic E-state index is 0.0121. The molecule has 0 spiro atoms. The average molecular weight is 390 g/mol. The summed E-state index contributed by atoms with van der Waals surface area (Å²) in [5, 5.41) is 3.80. The Morgan fingerprint density at radius 1 is 1.31 bits per heavy atom. The van der Waals surface area contributed by atoms with Crippen LogP contribution in [0.4, 0.5) is 4.39 Å². The maximum absolute atomic E-state index is 13.1. The fourth-order valence-corrected chi connectivity index (χ4v) is 4.66. The van der Waals surface area contributed by atoms with Crippen molar-refractivity contribution in [3.05, 3.63) is 42.5 Å². The number of thiophene rings is 1. The molecule has 4 nitrogen and oxygen atoms in total. The van der Waals surface area contributed by atoms with Gasteiger partial charge in [0.15, 0.2) is 0 Å². The number of hydrogen-bond donors (Lipinski definition) is 1. The molecule has 3 aromatic rings. The maximum atomic E-state index is 13.1. The summed E-state index contributed by atoms with van der Waals surface area (Å²) < 4.78 is 14.1. The van der Waals surface area contributed by atoms with Crippen molar-refractivity contribution >= 4 is 39.2 Å². The van der Waals surface area contributed by atoms with E-state index in [-0.39, 0.29) is 17.8 Å². The standard InChI is InChI=1S/C19H20FN3OS2/c1-3-4-12(2)23-17(24)10-25-19-18-15(21-11-22-19)9-16(26-18)13-5-7-14(20)8-6-13/h5-9,11-12H,3-4,10H2,1-2H3,(H,23,24)/t12-/m1/s1. The van der Waals surface area contributed by atoms with Crippen LogP contribution in [-0.4, -0.2) is 27.7 Å². The molecule has 1 amide bonds. The first-order valence-electron chi connectivity index (χ1n) is 8.49. The van der Waals surface area contributed by atoms with E-state index in [0.717, 1.165) is 38.5 Å². The third kappa shape index (κ3) is 4.59. The zero-order valence-electron chi connectivity index (χ0n) is 14.7. The van der Waals surface area contributed by atoms with Gasteiger partial charge >= 0.3 is 0 Å². The van der Waals surface area contributed by atoms with Crippen molar-refractivity contribution in [3.63, 3.8) is 0 Å². The summed E-state index contributed by atoms with van der Waals surface area (Å²) in [6.07, 6.45) is 3.53. The van der Waals surface area contributed by atoms with Crippen LogP contribution in [0.25, 0.3) is 20.7 Å². The molecule has 0 aliphatic heterocycles. The molecule has 0 bridgehead atoms. The smallest absolute Gasteiger partial charge is 0.230 e. The third-order valence-corrected chi connectivity index (χ3v) is 6.18. The summed E-state index contributed by atoms with van der Waals surface area (Å²) in [4.78, 5) is 21.7. The number of carbonyl (C=O) groups is 1. The molecule has 2 aromatic heterocycles. The first-order chi connectivity index (χ1) is 12.6. The van der Waals surface area contributed by atoms with Crippen molar-refractivity contribution in [1.29, 1.82) is 0 Å². The minimum Gasteiger partial charge on any atom is -0.353 e. The van der Waals surface area contributed by atoms with Gasteiger partial charge in [0, 0.05) is 10.9 Å². The van der Waals surface area contributed by atoms with E-state index >= 15 is 0 Å². The number of nitrogens with one attached hydrogen (secondary N) is 1. The summed E-state index contributed by atoms with van der Waals surface area (Å²) in [6.45, 7) is 4.12. The average Bonchev–Trinajstić information content (AvgIpc) is 3.05. The molecule has 26 heavy (non-hydrogen) atoms. The number of thioether (sulfide) groups is 1. The van der Waals surface area contributed by atoms with Crippen LogP contribution >= 0.6 is 23.1 Å². The number of nitrogens with zero attached hydrogens (tertiary/aromatic N) is 2. The van der Waals surface area contributed by atoms with Crippen LogP contribution in [0.2, 0.25) is 0 Å². The van der Waals surface area contributed by atoms with Crippen molar-refractivity contribution in [2.45, 2.75) is 37.8 Å². The molecule has 1 N–H and O–H groups in total. The normalized spacial score (nSPS) is 12.3. The largest absolute Gasteiger partial charge is 0.353 e. The molecule has 136 valence electrons. The first kappa shape index (κ1) is 18.8. The van der Waals surface area contributed by atoms with Crippen LogP contribution in [0.5, 0.6) is 0 Å². The summed E-state index contributed by atoms with van der Waals surface area (Å²) in [6, 6.07) is 8.56. The Balaban J connectivity index is 1.75. The predicted molar refractivity (Wildman–Crippen MR) is 106 cm³/mol. The molecule has 1 atom stereocenters. The van der Waals surface area contributed by atoms with Crippen LogP contribution < -0.4 is 5.32 Å². The van der Waals surface area contributed by atoms with Gasteiger partial charge < -0.3 is 5.32 Å². The number of rotatable bonds is 7. The quantitative estimate of drug-likeness (QED) is 0.461. The second kappa shape index (κ2) is 8.60. The van der Waals surface area contributed by atoms with E-state index in [4.69, 9.17) is 0 Å². The highest BCUT2D eigenvalue weighted by Gasteiger charge is 2.13. The van der Waals surface area contributed by atoms with Gasteiger partial charge in [-0.2, -0.15) is 0 Å². The Labute approximate surface area is 160 Å². The fourth-order valence-electron chi connectivity index (χ4n) is 2.65. The molecule has 0 aliphatic rings. The van der Waals surface area contributed by atoms with E-state index in [1.807, 2.05) is 13.0 Å². The van der Waals surface area contributed by atoms with Gasteiger partial charge in [-0.1, -0.05) is 37.2 Å². The fraction of sp³-hybridized carbons (Fsp3) is 0.316. The van der Waals surface area contributed by atoms with Crippen LogP contribution in [0.15, 0.2) is 41.7 Å². The molecule has 7 heteroatoms. The zero-order valence-corrected chi connectivity index (χ0v) is 16.3. The number of halogens is 1. The lowest BCUT2D eigenvalue weighted by Crippen LogP contribution is -2.33. The van der Waals surface area contributed by atoms with E-state index in [1.54, 1.807) is 23.5 Å². The monoisotopic (exact) mass is 389 g/mol. The third-order valence-electron chi connectivity index (χ3n) is 3.88. The maximum Gasteiger partial charge on any atom is 0.230 e. The number of fused-ring (bicyclic) bond motifs is 1. The van der Waals surface area contributed by atoms with Gasteiger partial charge in [0.1, 0.15) is 17.2 Å². The summed E-state index contributed by atoms with van der Waals surface area (Å²) in [5.74, 6) is 0.0801. The number of amides is 1. The molecule has 0 unspecified atom stereocenters. The zero-order chi connectivity index (χ0) is 18.5. The lowest BCUT2D eigenvalue weighted by atomic mass is 10.2. The van der Waals surface area contributed by atoms with Gasteiger partial charge in [-0.3, -0.25) is 4.79 Å². The number of carbonyl (C=O) groups excluding carboxylic acids is 1. The number of hydrogen-bond acceptors (Lipinski definition) is 5. The molecule has 0 fully saturated rings. The van der Waals surface area contributed by atoms with Gasteiger partial charge in [0.25, 0.3) is 0 Å². The van der Waals surface area contributed by atoms with Crippen LogP contribution in [0, 0.1) is 5.82 Å². The van der Waals surface area contributed by atoms with E-state index in [2.05, 4.69) is 22.2 Å². The second-order valence-corrected chi connectivity index (χ2v) is 8.07. The second-order valence-electron chi connectivity index (χ2n) is 6.06. The molecule has 3 rings (SSSR count). The van der Waals surface area contributed by atoms with Gasteiger partial charge in [-0.25, -0.2) is 14.4 Å². The SMILES string of the molecule is CCC[C@@H](C)NC(=O)CSc1ncnc2cc(-c3ccc(F)cc3)sc12. The molecule has 0 radical (unpaired) electrons. The molecule has 2 heterocycles. The van der Waals surface area contributed by atoms with Crippen molar-refractivity contribution in [2.75, 3.05) is 5.75 Å². The summed E-state index contributed by atoms with van der Waals surface area (Å²) >= 11 is 2.97. The lowest BCUT2D eigenvalue weighted by molar-refractivity contribution is -0.119. The molecular formula is C19H20FN3OS2. The van der Waals surface area contributed by atoms with Crippen molar-refractivity contribution in [2.24, 2.45) is 0 Å². The van der Waals surface area contributed by atoms with Gasteiger partial charge in [-0.05, 0) is 37.1 Å². The van der Waals surface area contributed by atoms with E-state index < -0.39 is 0 Å². The summed E-state index contributed by atoms with van der Waals surface area (Å²) in [7, 11) is 0. The minimum atomic E-state index is -0.255. The van der Waals surface area contributed by atoms with Crippen LogP contribution in [0.3, 0.4) is 0 Å². The van der Waals surface area contributed by atoms with Crippen LogP contribution in [0.1, 0.15) is 26.7 Å². The Morgan fingerprint density at radius 2 is 2.08 bits per heavy atom. The topological polar surface area (TPSA) is 54.9 Å². The highest BCUT2D eigenvalue weighted by Crippen LogP contribution is 2.36. The Hall–Kier alpha value is -1.99. The Morgan fingerprint density at radius 3 is 2.81 bits per heavy atom. The van der Waals surface area contributed by atoms with Gasteiger partial charge in [0.05, 0.1) is 16.0 Å². The van der Waals surface area contributed by atoms with Gasteiger partial charge in [-0.15, -0.1) is 11.3 Å². The molecular weight excluding hydrogens is 369 g/mol. The van der Waals surface area contributed by atoms with Crippen molar-refractivity contribution in [3.8, 4) is 10.4 Å². The highest BCUT2D eigenvalue weighted by atomic mass is 32.2. The van der Waals surface area contributed by atoms with E-state index in [1.165, 1.54) is 30.2 Å². The van der Waals surface area contributed by atoms with E-state index in [0.29, 0.717) is 5.75 Å². The Bertz CT molecular complexity index is 895. The van der Waals surface area contributed by atoms with Crippen molar-refractivity contribution in [1.82, 2.24) is 15.3 Å². The van der Waals surface area contributed by atoms with E-state index in [9.17, 15) is 9.18 Å². The first-order valence-corrected chi connectivity index (χ1v) is 10.3. The summed E-state index contributed by atoms with van der Waals surface area (Å²) in [5.41, 5.74) is 1.78. The molecule has 1 aromatic carbocycles. The van der Waals surface area contributed by atoms with Gasteiger partial charge in [0.2, 0.25) is 5.91 Å².